The maximum Gasteiger partial charge on any atom is 0.248 e. The molecule has 0 aliphatic rings. The molecule has 2 aromatic carbocycles. The summed E-state index contributed by atoms with van der Waals surface area (Å²) in [6.07, 6.45) is 0. The number of H-pyrrole nitrogens is 1. The molecule has 0 amide bonds. The summed E-state index contributed by atoms with van der Waals surface area (Å²) in [5, 5.41) is 3.24. The van der Waals surface area contributed by atoms with Crippen LogP contribution in [0.1, 0.15) is 5.56 Å². The zero-order chi connectivity index (χ0) is 13.0. The van der Waals surface area contributed by atoms with E-state index in [4.69, 9.17) is 4.42 Å². The minimum atomic E-state index is -0.0829. The zero-order valence-electron chi connectivity index (χ0n) is 10.4. The Balaban J connectivity index is 2.28. The molecule has 92 valence electrons. The van der Waals surface area contributed by atoms with E-state index in [-0.39, 0.29) is 5.56 Å². The van der Waals surface area contributed by atoms with E-state index in [1.165, 1.54) is 0 Å². The standard InChI is InChI=1S/C16H11NO2/c1-9-6-16(18)17-13-8-15-12(7-11(9)13)10-4-2-3-5-14(10)19-15/h2-8H,1H3,(H,17,18). The highest BCUT2D eigenvalue weighted by Crippen LogP contribution is 2.31. The van der Waals surface area contributed by atoms with Gasteiger partial charge in [-0.15, -0.1) is 0 Å². The second kappa shape index (κ2) is 3.48. The monoisotopic (exact) mass is 249 g/mol. The van der Waals surface area contributed by atoms with Gasteiger partial charge < -0.3 is 9.40 Å². The molecule has 0 unspecified atom stereocenters. The fourth-order valence-electron chi connectivity index (χ4n) is 2.64. The summed E-state index contributed by atoms with van der Waals surface area (Å²) >= 11 is 0. The highest BCUT2D eigenvalue weighted by atomic mass is 16.3. The smallest absolute Gasteiger partial charge is 0.248 e. The quantitative estimate of drug-likeness (QED) is 0.516. The molecule has 0 aliphatic carbocycles. The third-order valence-electron chi connectivity index (χ3n) is 3.55. The van der Waals surface area contributed by atoms with E-state index in [0.29, 0.717) is 0 Å². The molecule has 0 bridgehead atoms. The highest BCUT2D eigenvalue weighted by Gasteiger charge is 2.09. The predicted octanol–water partition coefficient (Wildman–Crippen LogP) is 3.74. The summed E-state index contributed by atoms with van der Waals surface area (Å²) in [6.45, 7) is 1.95. The first-order chi connectivity index (χ1) is 9.22. The summed E-state index contributed by atoms with van der Waals surface area (Å²) in [5.41, 5.74) is 3.38. The minimum Gasteiger partial charge on any atom is -0.456 e. The van der Waals surface area contributed by atoms with Crippen molar-refractivity contribution in [1.82, 2.24) is 4.98 Å². The number of aromatic nitrogens is 1. The van der Waals surface area contributed by atoms with E-state index >= 15 is 0 Å². The van der Waals surface area contributed by atoms with Gasteiger partial charge in [-0.3, -0.25) is 4.79 Å². The van der Waals surface area contributed by atoms with Crippen LogP contribution < -0.4 is 5.56 Å². The van der Waals surface area contributed by atoms with Gasteiger partial charge in [0, 0.05) is 28.3 Å². The number of nitrogens with one attached hydrogen (secondary N) is 1. The third-order valence-corrected chi connectivity index (χ3v) is 3.55. The molecule has 0 atom stereocenters. The van der Waals surface area contributed by atoms with E-state index in [1.54, 1.807) is 6.07 Å². The summed E-state index contributed by atoms with van der Waals surface area (Å²) in [7, 11) is 0. The Morgan fingerprint density at radius 3 is 2.68 bits per heavy atom. The van der Waals surface area contributed by atoms with Crippen molar-refractivity contribution in [3.05, 3.63) is 58.4 Å². The highest BCUT2D eigenvalue weighted by molar-refractivity contribution is 6.09. The Hall–Kier alpha value is -2.55. The van der Waals surface area contributed by atoms with Gasteiger partial charge >= 0.3 is 0 Å². The van der Waals surface area contributed by atoms with Crippen LogP contribution in [0.15, 0.2) is 51.7 Å². The summed E-state index contributed by atoms with van der Waals surface area (Å²) in [5.74, 6) is 0. The molecule has 19 heavy (non-hydrogen) atoms. The first-order valence-electron chi connectivity index (χ1n) is 6.17. The van der Waals surface area contributed by atoms with Crippen molar-refractivity contribution in [1.29, 1.82) is 0 Å². The molecule has 2 heterocycles. The Morgan fingerprint density at radius 2 is 1.79 bits per heavy atom. The third kappa shape index (κ3) is 1.41. The van der Waals surface area contributed by atoms with Crippen molar-refractivity contribution in [3.63, 3.8) is 0 Å². The van der Waals surface area contributed by atoms with Crippen LogP contribution in [0.2, 0.25) is 0 Å². The molecule has 0 saturated carbocycles. The van der Waals surface area contributed by atoms with Crippen molar-refractivity contribution in [2.45, 2.75) is 6.92 Å². The fraction of sp³-hybridized carbons (Fsp3) is 0.0625. The molecule has 0 aliphatic heterocycles. The van der Waals surface area contributed by atoms with Gasteiger partial charge in [-0.2, -0.15) is 0 Å². The summed E-state index contributed by atoms with van der Waals surface area (Å²) in [4.78, 5) is 14.4. The van der Waals surface area contributed by atoms with Crippen molar-refractivity contribution in [2.75, 3.05) is 0 Å². The number of hydrogen-bond acceptors (Lipinski definition) is 2. The summed E-state index contributed by atoms with van der Waals surface area (Å²) < 4.78 is 5.82. The number of hydrogen-bond donors (Lipinski definition) is 1. The first-order valence-corrected chi connectivity index (χ1v) is 6.17. The molecule has 1 N–H and O–H groups in total. The van der Waals surface area contributed by atoms with Crippen LogP contribution in [0, 0.1) is 6.92 Å². The van der Waals surface area contributed by atoms with Gasteiger partial charge in [-0.1, -0.05) is 18.2 Å². The number of para-hydroxylation sites is 1. The maximum atomic E-state index is 11.5. The van der Waals surface area contributed by atoms with Crippen molar-refractivity contribution >= 4 is 32.8 Å². The molecule has 3 nitrogen and oxygen atoms in total. The molecule has 4 aromatic rings. The fourth-order valence-corrected chi connectivity index (χ4v) is 2.64. The molecule has 0 saturated heterocycles. The van der Waals surface area contributed by atoms with Crippen LogP contribution >= 0.6 is 0 Å². The largest absolute Gasteiger partial charge is 0.456 e. The first kappa shape index (κ1) is 10.4. The maximum absolute atomic E-state index is 11.5. The molecule has 0 radical (unpaired) electrons. The lowest BCUT2D eigenvalue weighted by atomic mass is 10.1. The lowest BCUT2D eigenvalue weighted by Crippen LogP contribution is -2.04. The topological polar surface area (TPSA) is 46.0 Å². The SMILES string of the molecule is Cc1cc(=O)[nH]c2cc3oc4ccccc4c3cc12. The number of aryl methyl sites for hydroxylation is 1. The van der Waals surface area contributed by atoms with Crippen LogP contribution in [0.3, 0.4) is 0 Å². The number of rotatable bonds is 0. The van der Waals surface area contributed by atoms with E-state index < -0.39 is 0 Å². The summed E-state index contributed by atoms with van der Waals surface area (Å²) in [6, 6.07) is 13.6. The molecule has 4 rings (SSSR count). The number of pyridine rings is 1. The van der Waals surface area contributed by atoms with Crippen LogP contribution in [0.4, 0.5) is 0 Å². The number of fused-ring (bicyclic) bond motifs is 4. The minimum absolute atomic E-state index is 0.0829. The second-order valence-corrected chi connectivity index (χ2v) is 4.81. The van der Waals surface area contributed by atoms with Crippen LogP contribution in [0.5, 0.6) is 0 Å². The van der Waals surface area contributed by atoms with Gasteiger partial charge in [-0.05, 0) is 24.6 Å². The lowest BCUT2D eigenvalue weighted by molar-refractivity contribution is 0.669. The molecule has 0 fully saturated rings. The molecule has 2 aromatic heterocycles. The van der Waals surface area contributed by atoms with Crippen molar-refractivity contribution in [2.24, 2.45) is 0 Å². The van der Waals surface area contributed by atoms with Gasteiger partial charge in [-0.25, -0.2) is 0 Å². The van der Waals surface area contributed by atoms with Crippen LogP contribution in [-0.4, -0.2) is 4.98 Å². The van der Waals surface area contributed by atoms with E-state index in [2.05, 4.69) is 11.1 Å². The predicted molar refractivity (Wildman–Crippen MR) is 76.6 cm³/mol. The van der Waals surface area contributed by atoms with E-state index in [0.717, 1.165) is 38.4 Å². The Morgan fingerprint density at radius 1 is 0.947 bits per heavy atom. The average Bonchev–Trinajstić information content (AvgIpc) is 2.74. The van der Waals surface area contributed by atoms with Gasteiger partial charge in [0.2, 0.25) is 5.56 Å². The second-order valence-electron chi connectivity index (χ2n) is 4.81. The van der Waals surface area contributed by atoms with Gasteiger partial charge in [0.1, 0.15) is 11.2 Å². The molecular weight excluding hydrogens is 238 g/mol. The van der Waals surface area contributed by atoms with Crippen LogP contribution in [0.25, 0.3) is 32.8 Å². The van der Waals surface area contributed by atoms with Gasteiger partial charge in [0.25, 0.3) is 0 Å². The van der Waals surface area contributed by atoms with E-state index in [9.17, 15) is 4.79 Å². The lowest BCUT2D eigenvalue weighted by Gasteiger charge is -2.01. The Bertz CT molecular complexity index is 992. The van der Waals surface area contributed by atoms with Gasteiger partial charge in [0.15, 0.2) is 0 Å². The molecular formula is C16H11NO2. The number of furan rings is 1. The van der Waals surface area contributed by atoms with Crippen molar-refractivity contribution in [3.8, 4) is 0 Å². The Labute approximate surface area is 108 Å². The average molecular weight is 249 g/mol. The van der Waals surface area contributed by atoms with Crippen molar-refractivity contribution < 1.29 is 4.42 Å². The Kier molecular flexibility index (Phi) is 1.90. The molecule has 0 spiro atoms. The number of aromatic amines is 1. The number of benzene rings is 2. The molecule has 3 heteroatoms. The van der Waals surface area contributed by atoms with E-state index in [1.807, 2.05) is 37.3 Å². The normalized spacial score (nSPS) is 11.6. The van der Waals surface area contributed by atoms with Gasteiger partial charge in [0.05, 0.1) is 5.52 Å². The zero-order valence-corrected chi connectivity index (χ0v) is 10.4. The van der Waals surface area contributed by atoms with Crippen LogP contribution in [-0.2, 0) is 0 Å².